The van der Waals surface area contributed by atoms with Gasteiger partial charge in [-0.1, -0.05) is 22.9 Å². The van der Waals surface area contributed by atoms with Gasteiger partial charge in [-0.05, 0) is 13.0 Å². The molecule has 1 rings (SSSR count). The Bertz CT molecular complexity index is 390. The lowest BCUT2D eigenvalue weighted by atomic mass is 10.4. The van der Waals surface area contributed by atoms with E-state index in [1.54, 1.807) is 0 Å². The van der Waals surface area contributed by atoms with Crippen LogP contribution in [0.2, 0.25) is 4.47 Å². The van der Waals surface area contributed by atoms with Gasteiger partial charge in [-0.2, -0.15) is 0 Å². The van der Waals surface area contributed by atoms with Crippen LogP contribution in [0.1, 0.15) is 6.42 Å². The number of hydrogen-bond acceptors (Lipinski definition) is 5. The molecule has 0 amide bonds. The molecule has 0 aliphatic carbocycles. The van der Waals surface area contributed by atoms with E-state index in [1.165, 1.54) is 6.20 Å². The van der Waals surface area contributed by atoms with Crippen molar-refractivity contribution in [2.45, 2.75) is 10.6 Å². The number of sulfonamides is 1. The molecule has 8 heteroatoms. The van der Waals surface area contributed by atoms with E-state index in [0.29, 0.717) is 19.5 Å². The maximum Gasteiger partial charge on any atom is 0.251 e. The molecule has 0 saturated heterocycles. The Morgan fingerprint density at radius 1 is 1.64 bits per heavy atom. The summed E-state index contributed by atoms with van der Waals surface area (Å²) >= 11 is 6.45. The summed E-state index contributed by atoms with van der Waals surface area (Å²) in [4.78, 5) is 3.65. The van der Waals surface area contributed by atoms with Crippen molar-refractivity contribution in [1.82, 2.24) is 9.71 Å². The minimum Gasteiger partial charge on any atom is -0.330 e. The van der Waals surface area contributed by atoms with Gasteiger partial charge in [0.25, 0.3) is 10.0 Å². The van der Waals surface area contributed by atoms with E-state index in [-0.39, 0.29) is 8.68 Å². The van der Waals surface area contributed by atoms with Crippen LogP contribution in [-0.4, -0.2) is 26.5 Å². The second-order valence-electron chi connectivity index (χ2n) is 2.47. The van der Waals surface area contributed by atoms with Gasteiger partial charge in [-0.15, -0.1) is 0 Å². The summed E-state index contributed by atoms with van der Waals surface area (Å²) in [6.45, 7) is 0.778. The first-order valence-corrected chi connectivity index (χ1v) is 6.55. The molecule has 0 radical (unpaired) electrons. The molecule has 14 heavy (non-hydrogen) atoms. The van der Waals surface area contributed by atoms with Crippen molar-refractivity contribution in [2.24, 2.45) is 5.73 Å². The number of thiazole rings is 1. The fraction of sp³-hybridized carbons (Fsp3) is 0.500. The Labute approximate surface area is 91.3 Å². The molecule has 80 valence electrons. The maximum atomic E-state index is 11.5. The number of nitrogens with one attached hydrogen (secondary N) is 1. The molecule has 0 atom stereocenters. The van der Waals surface area contributed by atoms with E-state index in [1.807, 2.05) is 0 Å². The third-order valence-electron chi connectivity index (χ3n) is 1.39. The van der Waals surface area contributed by atoms with Crippen molar-refractivity contribution in [3.05, 3.63) is 10.7 Å². The highest BCUT2D eigenvalue weighted by Crippen LogP contribution is 2.21. The molecule has 3 N–H and O–H groups in total. The van der Waals surface area contributed by atoms with Crippen molar-refractivity contribution in [3.8, 4) is 0 Å². The monoisotopic (exact) mass is 255 g/mol. The molecule has 1 heterocycles. The van der Waals surface area contributed by atoms with Gasteiger partial charge in [0.15, 0.2) is 8.68 Å². The lowest BCUT2D eigenvalue weighted by molar-refractivity contribution is 0.581. The predicted molar refractivity (Wildman–Crippen MR) is 56.0 cm³/mol. The van der Waals surface area contributed by atoms with Crippen LogP contribution in [0.4, 0.5) is 0 Å². The Morgan fingerprint density at radius 3 is 2.86 bits per heavy atom. The molecule has 0 aliphatic heterocycles. The van der Waals surface area contributed by atoms with Crippen LogP contribution in [0.5, 0.6) is 0 Å². The predicted octanol–water partition coefficient (Wildman–Crippen LogP) is 0.424. The number of nitrogens with two attached hydrogens (primary N) is 1. The summed E-state index contributed by atoms with van der Waals surface area (Å²) in [6, 6.07) is 0. The zero-order chi connectivity index (χ0) is 10.6. The molecule has 0 fully saturated rings. The van der Waals surface area contributed by atoms with Crippen molar-refractivity contribution in [3.63, 3.8) is 0 Å². The van der Waals surface area contributed by atoms with Gasteiger partial charge in [-0.25, -0.2) is 18.1 Å². The summed E-state index contributed by atoms with van der Waals surface area (Å²) in [5.41, 5.74) is 5.23. The lowest BCUT2D eigenvalue weighted by Gasteiger charge is -2.01. The average molecular weight is 256 g/mol. The van der Waals surface area contributed by atoms with E-state index in [2.05, 4.69) is 9.71 Å². The van der Waals surface area contributed by atoms with Crippen molar-refractivity contribution >= 4 is 33.0 Å². The van der Waals surface area contributed by atoms with Crippen LogP contribution in [0.15, 0.2) is 10.4 Å². The van der Waals surface area contributed by atoms with Crippen molar-refractivity contribution < 1.29 is 8.42 Å². The highest BCUT2D eigenvalue weighted by molar-refractivity contribution is 7.91. The molecule has 1 aromatic heterocycles. The molecule has 0 saturated carbocycles. The van der Waals surface area contributed by atoms with Gasteiger partial charge < -0.3 is 5.73 Å². The molecule has 0 bridgehead atoms. The zero-order valence-electron chi connectivity index (χ0n) is 7.23. The van der Waals surface area contributed by atoms with Crippen LogP contribution in [0.25, 0.3) is 0 Å². The first-order valence-electron chi connectivity index (χ1n) is 3.87. The Hall–Kier alpha value is -0.210. The highest BCUT2D eigenvalue weighted by atomic mass is 35.5. The van der Waals surface area contributed by atoms with Gasteiger partial charge in [0.1, 0.15) is 0 Å². The number of hydrogen-bond donors (Lipinski definition) is 2. The molecule has 0 unspecified atom stereocenters. The van der Waals surface area contributed by atoms with Crippen LogP contribution in [0.3, 0.4) is 0 Å². The third kappa shape index (κ3) is 3.18. The maximum absolute atomic E-state index is 11.5. The fourth-order valence-electron chi connectivity index (χ4n) is 0.743. The quantitative estimate of drug-likeness (QED) is 0.747. The minimum absolute atomic E-state index is 0.125. The van der Waals surface area contributed by atoms with Gasteiger partial charge >= 0.3 is 0 Å². The van der Waals surface area contributed by atoms with E-state index in [4.69, 9.17) is 17.3 Å². The summed E-state index contributed by atoms with van der Waals surface area (Å²) in [5, 5.41) is 0. The van der Waals surface area contributed by atoms with Gasteiger partial charge in [-0.3, -0.25) is 0 Å². The van der Waals surface area contributed by atoms with Gasteiger partial charge in [0, 0.05) is 6.54 Å². The zero-order valence-corrected chi connectivity index (χ0v) is 9.62. The Morgan fingerprint density at radius 2 is 2.36 bits per heavy atom. The van der Waals surface area contributed by atoms with Crippen molar-refractivity contribution in [1.29, 1.82) is 0 Å². The first-order chi connectivity index (χ1) is 6.56. The third-order valence-corrected chi connectivity index (χ3v) is 4.43. The van der Waals surface area contributed by atoms with Gasteiger partial charge in [0.05, 0.1) is 6.20 Å². The average Bonchev–Trinajstić information content (AvgIpc) is 2.53. The SMILES string of the molecule is NCCCNS(=O)(=O)c1cnc(Cl)s1. The fourth-order valence-corrected chi connectivity index (χ4v) is 3.15. The Balaban J connectivity index is 2.66. The summed E-state index contributed by atoms with van der Waals surface area (Å²) in [6.07, 6.45) is 1.84. The van der Waals surface area contributed by atoms with Crippen LogP contribution in [0, 0.1) is 0 Å². The molecule has 0 spiro atoms. The van der Waals surface area contributed by atoms with E-state index >= 15 is 0 Å². The summed E-state index contributed by atoms with van der Waals surface area (Å²) in [7, 11) is -3.45. The highest BCUT2D eigenvalue weighted by Gasteiger charge is 2.16. The minimum atomic E-state index is -3.45. The van der Waals surface area contributed by atoms with Crippen LogP contribution >= 0.6 is 22.9 Å². The lowest BCUT2D eigenvalue weighted by Crippen LogP contribution is -2.25. The molecular weight excluding hydrogens is 246 g/mol. The van der Waals surface area contributed by atoms with Gasteiger partial charge in [0.2, 0.25) is 0 Å². The van der Waals surface area contributed by atoms with E-state index < -0.39 is 10.0 Å². The first kappa shape index (κ1) is 11.9. The van der Waals surface area contributed by atoms with E-state index in [9.17, 15) is 8.42 Å². The number of aromatic nitrogens is 1. The topological polar surface area (TPSA) is 85.1 Å². The Kier molecular flexibility index (Phi) is 4.27. The number of nitrogens with zero attached hydrogens (tertiary/aromatic N) is 1. The molecule has 0 aliphatic rings. The summed E-state index contributed by atoms with van der Waals surface area (Å²) in [5.74, 6) is 0. The summed E-state index contributed by atoms with van der Waals surface area (Å²) < 4.78 is 25.7. The smallest absolute Gasteiger partial charge is 0.251 e. The largest absolute Gasteiger partial charge is 0.330 e. The van der Waals surface area contributed by atoms with E-state index in [0.717, 1.165) is 11.3 Å². The van der Waals surface area contributed by atoms with Crippen molar-refractivity contribution in [2.75, 3.05) is 13.1 Å². The normalized spacial score (nSPS) is 11.9. The standard InChI is InChI=1S/C6H10ClN3O2S2/c7-6-9-4-5(13-6)14(11,12)10-3-1-2-8/h4,10H,1-3,8H2. The second-order valence-corrected chi connectivity index (χ2v) is 6.08. The molecule has 0 aromatic carbocycles. The second kappa shape index (κ2) is 5.04. The van der Waals surface area contributed by atoms with Crippen LogP contribution in [-0.2, 0) is 10.0 Å². The number of halogens is 1. The molecule has 1 aromatic rings. The van der Waals surface area contributed by atoms with Crippen LogP contribution < -0.4 is 10.5 Å². The molecule has 5 nitrogen and oxygen atoms in total. The number of rotatable bonds is 5. The molecular formula is C6H10ClN3O2S2.